The minimum absolute atomic E-state index is 0.280. The number of ether oxygens (including phenoxy) is 1. The van der Waals surface area contributed by atoms with Crippen molar-refractivity contribution < 1.29 is 14.6 Å². The Hall–Kier alpha value is -1.11. The Balaban J connectivity index is 1.83. The molecule has 1 amide bonds. The average molecular weight is 343 g/mol. The number of carbonyl (C=O) groups is 1. The number of aliphatic hydroxyl groups excluding tert-OH is 1. The van der Waals surface area contributed by atoms with Crippen molar-refractivity contribution in [3.63, 3.8) is 0 Å². The second-order valence-electron chi connectivity index (χ2n) is 4.83. The lowest BCUT2D eigenvalue weighted by molar-refractivity contribution is 0.0635. The van der Waals surface area contributed by atoms with Gasteiger partial charge in [0.1, 0.15) is 0 Å². The Morgan fingerprint density at radius 1 is 1.30 bits per heavy atom. The molecule has 1 heterocycles. The number of hydrogen-bond donors (Lipinski definition) is 1. The fourth-order valence-corrected chi connectivity index (χ4v) is 2.54. The first-order valence-corrected chi connectivity index (χ1v) is 7.38. The van der Waals surface area contributed by atoms with Crippen molar-refractivity contribution in [2.24, 2.45) is 0 Å². The molecule has 0 saturated carbocycles. The Bertz CT molecular complexity index is 444. The van der Waals surface area contributed by atoms with Gasteiger partial charge >= 0.3 is 6.09 Å². The highest BCUT2D eigenvalue weighted by atomic mass is 79.9. The molecular formula is C14H19BrN2O3. The van der Waals surface area contributed by atoms with Gasteiger partial charge in [0.15, 0.2) is 0 Å². The van der Waals surface area contributed by atoms with Crippen LogP contribution in [0, 0.1) is 0 Å². The lowest BCUT2D eigenvalue weighted by Gasteiger charge is -2.34. The molecule has 0 spiro atoms. The third-order valence-electron chi connectivity index (χ3n) is 3.49. The van der Waals surface area contributed by atoms with Gasteiger partial charge in [0.25, 0.3) is 0 Å². The summed E-state index contributed by atoms with van der Waals surface area (Å²) >= 11 is 3.38. The monoisotopic (exact) mass is 342 g/mol. The van der Waals surface area contributed by atoms with E-state index in [1.165, 1.54) is 7.11 Å². The van der Waals surface area contributed by atoms with Crippen LogP contribution >= 0.6 is 15.9 Å². The normalized spacial score (nSPS) is 17.9. The van der Waals surface area contributed by atoms with Crippen LogP contribution in [0.5, 0.6) is 0 Å². The van der Waals surface area contributed by atoms with Crippen molar-refractivity contribution in [1.82, 2.24) is 9.80 Å². The van der Waals surface area contributed by atoms with Crippen LogP contribution in [-0.4, -0.2) is 60.8 Å². The number of aliphatic hydroxyl groups is 1. The predicted molar refractivity (Wildman–Crippen MR) is 79.5 cm³/mol. The average Bonchev–Trinajstić information content (AvgIpc) is 2.48. The molecule has 20 heavy (non-hydrogen) atoms. The number of carbonyl (C=O) groups excluding carboxylic acids is 1. The molecule has 1 N–H and O–H groups in total. The molecular weight excluding hydrogens is 324 g/mol. The summed E-state index contributed by atoms with van der Waals surface area (Å²) in [6.07, 6.45) is -0.786. The highest BCUT2D eigenvalue weighted by Crippen LogP contribution is 2.18. The predicted octanol–water partition coefficient (Wildman–Crippen LogP) is 1.87. The molecule has 1 aliphatic rings. The van der Waals surface area contributed by atoms with Crippen LogP contribution in [-0.2, 0) is 4.74 Å². The van der Waals surface area contributed by atoms with Crippen LogP contribution in [0.3, 0.4) is 0 Å². The van der Waals surface area contributed by atoms with E-state index in [0.29, 0.717) is 19.6 Å². The number of rotatable bonds is 3. The van der Waals surface area contributed by atoms with E-state index in [4.69, 9.17) is 4.74 Å². The number of piperazine rings is 1. The smallest absolute Gasteiger partial charge is 0.409 e. The first-order valence-electron chi connectivity index (χ1n) is 6.59. The topological polar surface area (TPSA) is 53.0 Å². The number of methoxy groups -OCH3 is 1. The van der Waals surface area contributed by atoms with E-state index in [1.54, 1.807) is 4.90 Å². The quantitative estimate of drug-likeness (QED) is 0.910. The van der Waals surface area contributed by atoms with Gasteiger partial charge in [0, 0.05) is 37.2 Å². The zero-order valence-electron chi connectivity index (χ0n) is 11.5. The van der Waals surface area contributed by atoms with Gasteiger partial charge in [0.05, 0.1) is 13.2 Å². The second kappa shape index (κ2) is 7.06. The summed E-state index contributed by atoms with van der Waals surface area (Å²) in [6.45, 7) is 3.36. The Morgan fingerprint density at radius 2 is 1.90 bits per heavy atom. The van der Waals surface area contributed by atoms with Gasteiger partial charge in [-0.05, 0) is 17.7 Å². The fraction of sp³-hybridized carbons (Fsp3) is 0.500. The number of benzene rings is 1. The Kier molecular flexibility index (Phi) is 5.39. The van der Waals surface area contributed by atoms with Crippen molar-refractivity contribution in [2.75, 3.05) is 39.8 Å². The van der Waals surface area contributed by atoms with Crippen LogP contribution in [0.1, 0.15) is 11.7 Å². The molecule has 1 saturated heterocycles. The highest BCUT2D eigenvalue weighted by Gasteiger charge is 2.23. The molecule has 0 unspecified atom stereocenters. The fourth-order valence-electron chi connectivity index (χ4n) is 2.28. The molecule has 1 aromatic rings. The highest BCUT2D eigenvalue weighted by molar-refractivity contribution is 9.10. The number of halogens is 1. The standard InChI is InChI=1S/C14H19BrN2O3/c1-20-14(19)17-8-6-16(7-9-17)10-13(18)11-2-4-12(15)5-3-11/h2-5,13,18H,6-10H2,1H3/t13-/m0/s1. The lowest BCUT2D eigenvalue weighted by atomic mass is 10.1. The molecule has 0 bridgehead atoms. The Labute approximate surface area is 127 Å². The van der Waals surface area contributed by atoms with Gasteiger partial charge in [-0.1, -0.05) is 28.1 Å². The van der Waals surface area contributed by atoms with Crippen molar-refractivity contribution >= 4 is 22.0 Å². The molecule has 1 atom stereocenters. The zero-order chi connectivity index (χ0) is 14.5. The minimum Gasteiger partial charge on any atom is -0.453 e. The van der Waals surface area contributed by atoms with Crippen molar-refractivity contribution in [3.05, 3.63) is 34.3 Å². The summed E-state index contributed by atoms with van der Waals surface area (Å²) in [6, 6.07) is 7.68. The Morgan fingerprint density at radius 3 is 2.45 bits per heavy atom. The van der Waals surface area contributed by atoms with E-state index in [0.717, 1.165) is 23.1 Å². The maximum Gasteiger partial charge on any atom is 0.409 e. The van der Waals surface area contributed by atoms with Crippen LogP contribution < -0.4 is 0 Å². The summed E-state index contributed by atoms with van der Waals surface area (Å²) in [5.41, 5.74) is 0.906. The van der Waals surface area contributed by atoms with Crippen molar-refractivity contribution in [1.29, 1.82) is 0 Å². The number of hydrogen-bond acceptors (Lipinski definition) is 4. The van der Waals surface area contributed by atoms with Gasteiger partial charge in [0.2, 0.25) is 0 Å². The molecule has 1 aromatic carbocycles. The molecule has 0 aromatic heterocycles. The molecule has 6 heteroatoms. The first-order chi connectivity index (χ1) is 9.60. The summed E-state index contributed by atoms with van der Waals surface area (Å²) in [5.74, 6) is 0. The minimum atomic E-state index is -0.507. The van der Waals surface area contributed by atoms with Gasteiger partial charge in [-0.2, -0.15) is 0 Å². The third-order valence-corrected chi connectivity index (χ3v) is 4.02. The molecule has 2 rings (SSSR count). The lowest BCUT2D eigenvalue weighted by Crippen LogP contribution is -2.49. The molecule has 0 aliphatic carbocycles. The molecule has 5 nitrogen and oxygen atoms in total. The first kappa shape index (κ1) is 15.3. The second-order valence-corrected chi connectivity index (χ2v) is 5.74. The van der Waals surface area contributed by atoms with E-state index in [1.807, 2.05) is 24.3 Å². The van der Waals surface area contributed by atoms with Crippen molar-refractivity contribution in [2.45, 2.75) is 6.10 Å². The van der Waals surface area contributed by atoms with Crippen LogP contribution in [0.4, 0.5) is 4.79 Å². The van der Waals surface area contributed by atoms with E-state index < -0.39 is 6.10 Å². The van der Waals surface area contributed by atoms with E-state index >= 15 is 0 Å². The maximum atomic E-state index is 11.4. The van der Waals surface area contributed by atoms with Crippen LogP contribution in [0.2, 0.25) is 0 Å². The number of β-amino-alcohol motifs (C(OH)–C–C–N with tert-alkyl or cyclic N) is 1. The molecule has 1 aliphatic heterocycles. The molecule has 1 fully saturated rings. The summed E-state index contributed by atoms with van der Waals surface area (Å²) in [5, 5.41) is 10.2. The maximum absolute atomic E-state index is 11.4. The van der Waals surface area contributed by atoms with Crippen molar-refractivity contribution in [3.8, 4) is 0 Å². The van der Waals surface area contributed by atoms with Crippen LogP contribution in [0.25, 0.3) is 0 Å². The van der Waals surface area contributed by atoms with Gasteiger partial charge in [-0.25, -0.2) is 4.79 Å². The van der Waals surface area contributed by atoms with Gasteiger partial charge < -0.3 is 14.7 Å². The summed E-state index contributed by atoms with van der Waals surface area (Å²) in [7, 11) is 1.39. The van der Waals surface area contributed by atoms with Gasteiger partial charge in [-0.3, -0.25) is 4.90 Å². The van der Waals surface area contributed by atoms with E-state index in [9.17, 15) is 9.90 Å². The zero-order valence-corrected chi connectivity index (χ0v) is 13.0. The SMILES string of the molecule is COC(=O)N1CCN(C[C@H](O)c2ccc(Br)cc2)CC1. The number of amides is 1. The van der Waals surface area contributed by atoms with E-state index in [-0.39, 0.29) is 6.09 Å². The van der Waals surface area contributed by atoms with Gasteiger partial charge in [-0.15, -0.1) is 0 Å². The molecule has 0 radical (unpaired) electrons. The van der Waals surface area contributed by atoms with E-state index in [2.05, 4.69) is 20.8 Å². The summed E-state index contributed by atoms with van der Waals surface area (Å²) in [4.78, 5) is 15.2. The number of nitrogens with zero attached hydrogens (tertiary/aromatic N) is 2. The summed E-state index contributed by atoms with van der Waals surface area (Å²) < 4.78 is 5.70. The van der Waals surface area contributed by atoms with Crippen LogP contribution in [0.15, 0.2) is 28.7 Å². The third kappa shape index (κ3) is 3.94. The largest absolute Gasteiger partial charge is 0.453 e. The molecule has 110 valence electrons.